The van der Waals surface area contributed by atoms with Gasteiger partial charge in [-0.3, -0.25) is 14.4 Å². The number of fused-ring (bicyclic) bond motifs is 2. The number of benzene rings is 4. The Bertz CT molecular complexity index is 1490. The number of carbonyl (C=O) groups is 3. The Hall–Kier alpha value is -4.39. The molecule has 0 saturated carbocycles. The van der Waals surface area contributed by atoms with Crippen molar-refractivity contribution in [3.63, 3.8) is 0 Å². The molecule has 7 nitrogen and oxygen atoms in total. The third kappa shape index (κ3) is 5.64. The lowest BCUT2D eigenvalue weighted by Crippen LogP contribution is -2.53. The van der Waals surface area contributed by atoms with Crippen LogP contribution in [0.15, 0.2) is 78.9 Å². The summed E-state index contributed by atoms with van der Waals surface area (Å²) in [5, 5.41) is 9.90. The molecular formula is C33H36N4O3. The van der Waals surface area contributed by atoms with E-state index in [0.717, 1.165) is 44.8 Å². The molecule has 2 atom stereocenters. The molecule has 1 fully saturated rings. The van der Waals surface area contributed by atoms with E-state index >= 15 is 0 Å². The molecule has 3 amide bonds. The maximum Gasteiger partial charge on any atom is 0.243 e. The first-order chi connectivity index (χ1) is 19.4. The minimum absolute atomic E-state index is 0.0741. The molecule has 0 bridgehead atoms. The lowest BCUT2D eigenvalue weighted by atomic mass is 9.94. The number of carbonyl (C=O) groups excluding carboxylic acids is 3. The minimum Gasteiger partial charge on any atom is -0.378 e. The van der Waals surface area contributed by atoms with E-state index < -0.39 is 12.1 Å². The molecule has 0 spiro atoms. The number of nitrogens with zero attached hydrogens (tertiary/aromatic N) is 2. The average Bonchev–Trinajstić information content (AvgIpc) is 3.47. The van der Waals surface area contributed by atoms with Gasteiger partial charge in [-0.15, -0.1) is 0 Å². The molecule has 206 valence electrons. The van der Waals surface area contributed by atoms with Gasteiger partial charge in [0, 0.05) is 39.8 Å². The second kappa shape index (κ2) is 11.8. The second-order valence-corrected chi connectivity index (χ2v) is 10.7. The number of likely N-dealkylation sites (N-methyl/N-ethyl adjacent to an activating group) is 1. The topological polar surface area (TPSA) is 81.8 Å². The van der Waals surface area contributed by atoms with Crippen molar-refractivity contribution in [2.75, 3.05) is 32.6 Å². The van der Waals surface area contributed by atoms with Gasteiger partial charge in [-0.2, -0.15) is 0 Å². The number of amides is 3. The molecule has 1 heterocycles. The lowest BCUT2D eigenvalue weighted by Gasteiger charge is -2.27. The first-order valence-electron chi connectivity index (χ1n) is 13.8. The highest BCUT2D eigenvalue weighted by Crippen LogP contribution is 2.30. The molecule has 0 radical (unpaired) electrons. The largest absolute Gasteiger partial charge is 0.378 e. The van der Waals surface area contributed by atoms with Gasteiger partial charge in [0.2, 0.25) is 17.7 Å². The molecule has 40 heavy (non-hydrogen) atoms. The van der Waals surface area contributed by atoms with Crippen molar-refractivity contribution in [3.05, 3.63) is 90.0 Å². The fourth-order valence-electron chi connectivity index (χ4n) is 5.71. The van der Waals surface area contributed by atoms with Gasteiger partial charge in [-0.1, -0.05) is 60.7 Å². The zero-order valence-electron chi connectivity index (χ0n) is 23.3. The third-order valence-electron chi connectivity index (χ3n) is 7.86. The lowest BCUT2D eigenvalue weighted by molar-refractivity contribution is -0.139. The summed E-state index contributed by atoms with van der Waals surface area (Å²) in [5.74, 6) is -0.620. The summed E-state index contributed by atoms with van der Waals surface area (Å²) < 4.78 is 0. The molecule has 7 heteroatoms. The zero-order valence-corrected chi connectivity index (χ0v) is 23.3. The number of likely N-dealkylation sites (tertiary alicyclic amines) is 1. The van der Waals surface area contributed by atoms with Crippen LogP contribution in [0.4, 0.5) is 5.69 Å². The first kappa shape index (κ1) is 27.2. The van der Waals surface area contributed by atoms with E-state index in [0.29, 0.717) is 19.4 Å². The highest BCUT2D eigenvalue weighted by molar-refractivity contribution is 6.05. The number of hydrogen-bond acceptors (Lipinski definition) is 4. The maximum absolute atomic E-state index is 13.7. The van der Waals surface area contributed by atoms with Crippen molar-refractivity contribution >= 4 is 45.0 Å². The molecule has 1 saturated heterocycles. The molecule has 5 rings (SSSR count). The SMILES string of the molecule is CNC(=O)[C@H](Cc1ccc(N(C)C)cc1)NC(=O)[C@@H]1CCCN1C(=O)Cc1c2ccccc2cc2ccccc12. The van der Waals surface area contributed by atoms with Crippen molar-refractivity contribution < 1.29 is 14.4 Å². The van der Waals surface area contributed by atoms with Gasteiger partial charge in [-0.25, -0.2) is 0 Å². The van der Waals surface area contributed by atoms with E-state index in [1.54, 1.807) is 11.9 Å². The minimum atomic E-state index is -0.734. The van der Waals surface area contributed by atoms with Gasteiger partial charge in [0.1, 0.15) is 12.1 Å². The van der Waals surface area contributed by atoms with Crippen LogP contribution < -0.4 is 15.5 Å². The van der Waals surface area contributed by atoms with Crippen LogP contribution in [0, 0.1) is 0 Å². The summed E-state index contributed by atoms with van der Waals surface area (Å²) in [4.78, 5) is 43.7. The summed E-state index contributed by atoms with van der Waals surface area (Å²) in [6.45, 7) is 0.524. The Kier molecular flexibility index (Phi) is 8.01. The Morgan fingerprint density at radius 1 is 0.925 bits per heavy atom. The summed E-state index contributed by atoms with van der Waals surface area (Å²) in [6.07, 6.45) is 1.90. The van der Waals surface area contributed by atoms with Crippen LogP contribution in [0.1, 0.15) is 24.0 Å². The number of nitrogens with one attached hydrogen (secondary N) is 2. The van der Waals surface area contributed by atoms with E-state index in [9.17, 15) is 14.4 Å². The number of rotatable bonds is 8. The highest BCUT2D eigenvalue weighted by atomic mass is 16.2. The van der Waals surface area contributed by atoms with Gasteiger partial charge in [0.05, 0.1) is 6.42 Å². The highest BCUT2D eigenvalue weighted by Gasteiger charge is 2.36. The standard InChI is InChI=1S/C33H36N4O3/c1-34-32(39)29(19-22-14-16-25(17-15-22)36(2)3)35-33(40)30-13-8-18-37(30)31(38)21-28-26-11-6-4-9-23(26)20-24-10-5-7-12-27(24)28/h4-7,9-12,14-17,20,29-30H,8,13,18-19,21H2,1-3H3,(H,34,39)(H,35,40)/t29-,30-/m0/s1. The molecule has 4 aromatic carbocycles. The van der Waals surface area contributed by atoms with Crippen LogP contribution in [-0.4, -0.2) is 62.4 Å². The number of hydrogen-bond donors (Lipinski definition) is 2. The van der Waals surface area contributed by atoms with Crippen LogP contribution in [0.25, 0.3) is 21.5 Å². The van der Waals surface area contributed by atoms with E-state index in [1.165, 1.54) is 0 Å². The third-order valence-corrected chi connectivity index (χ3v) is 7.86. The Morgan fingerprint density at radius 3 is 2.15 bits per heavy atom. The van der Waals surface area contributed by atoms with E-state index in [1.807, 2.05) is 67.5 Å². The van der Waals surface area contributed by atoms with Crippen molar-refractivity contribution in [2.45, 2.75) is 37.8 Å². The normalized spacial score (nSPS) is 15.7. The monoisotopic (exact) mass is 536 g/mol. The van der Waals surface area contributed by atoms with Gasteiger partial charge in [0.15, 0.2) is 0 Å². The molecule has 4 aromatic rings. The Balaban J connectivity index is 1.34. The second-order valence-electron chi connectivity index (χ2n) is 10.7. The summed E-state index contributed by atoms with van der Waals surface area (Å²) in [6, 6.07) is 25.0. The summed E-state index contributed by atoms with van der Waals surface area (Å²) in [5.41, 5.74) is 2.99. The quantitative estimate of drug-likeness (QED) is 0.333. The van der Waals surface area contributed by atoms with Crippen molar-refractivity contribution in [1.29, 1.82) is 0 Å². The smallest absolute Gasteiger partial charge is 0.243 e. The summed E-state index contributed by atoms with van der Waals surface area (Å²) in [7, 11) is 5.51. The molecule has 1 aliphatic heterocycles. The average molecular weight is 537 g/mol. The fourth-order valence-corrected chi connectivity index (χ4v) is 5.71. The molecule has 0 aliphatic carbocycles. The molecular weight excluding hydrogens is 500 g/mol. The predicted octanol–water partition coefficient (Wildman–Crippen LogP) is 4.07. The Labute approximate surface area is 235 Å². The fraction of sp³-hybridized carbons (Fsp3) is 0.303. The molecule has 1 aliphatic rings. The van der Waals surface area contributed by atoms with Gasteiger partial charge in [-0.05, 0) is 63.7 Å². The van der Waals surface area contributed by atoms with Crippen molar-refractivity contribution in [2.24, 2.45) is 0 Å². The van der Waals surface area contributed by atoms with E-state index in [-0.39, 0.29) is 24.1 Å². The predicted molar refractivity (Wildman–Crippen MR) is 160 cm³/mol. The van der Waals surface area contributed by atoms with Crippen molar-refractivity contribution in [3.8, 4) is 0 Å². The van der Waals surface area contributed by atoms with Gasteiger partial charge < -0.3 is 20.4 Å². The Morgan fingerprint density at radius 2 is 1.55 bits per heavy atom. The van der Waals surface area contributed by atoms with Crippen LogP contribution in [-0.2, 0) is 27.2 Å². The van der Waals surface area contributed by atoms with Crippen LogP contribution in [0.2, 0.25) is 0 Å². The maximum atomic E-state index is 13.7. The van der Waals surface area contributed by atoms with Crippen LogP contribution in [0.3, 0.4) is 0 Å². The zero-order chi connectivity index (χ0) is 28.2. The van der Waals surface area contributed by atoms with E-state index in [4.69, 9.17) is 0 Å². The van der Waals surface area contributed by atoms with Crippen molar-refractivity contribution in [1.82, 2.24) is 15.5 Å². The first-order valence-corrected chi connectivity index (χ1v) is 13.8. The van der Waals surface area contributed by atoms with Crippen LogP contribution in [0.5, 0.6) is 0 Å². The van der Waals surface area contributed by atoms with Crippen LogP contribution >= 0.6 is 0 Å². The number of anilines is 1. The summed E-state index contributed by atoms with van der Waals surface area (Å²) >= 11 is 0. The van der Waals surface area contributed by atoms with E-state index in [2.05, 4.69) is 41.0 Å². The molecule has 0 unspecified atom stereocenters. The molecule has 2 N–H and O–H groups in total. The van der Waals surface area contributed by atoms with Gasteiger partial charge >= 0.3 is 0 Å². The molecule has 0 aromatic heterocycles. The van der Waals surface area contributed by atoms with Gasteiger partial charge in [0.25, 0.3) is 0 Å².